The van der Waals surface area contributed by atoms with Gasteiger partial charge < -0.3 is 24.2 Å². The van der Waals surface area contributed by atoms with Gasteiger partial charge in [0.05, 0.1) is 24.7 Å². The van der Waals surface area contributed by atoms with Crippen LogP contribution in [0.5, 0.6) is 0 Å². The monoisotopic (exact) mass is 543 g/mol. The molecule has 0 bridgehead atoms. The quantitative estimate of drug-likeness (QED) is 0.407. The van der Waals surface area contributed by atoms with Gasteiger partial charge >= 0.3 is 5.97 Å². The minimum absolute atomic E-state index is 0.0615. The molecule has 0 aromatic carbocycles. The summed E-state index contributed by atoms with van der Waals surface area (Å²) in [6.45, 7) is 6.17. The van der Waals surface area contributed by atoms with Gasteiger partial charge in [0.25, 0.3) is 0 Å². The number of esters is 1. The Morgan fingerprint density at radius 1 is 1.05 bits per heavy atom. The molecule has 0 aromatic heterocycles. The van der Waals surface area contributed by atoms with Crippen LogP contribution in [0, 0.1) is 35.5 Å². The van der Waals surface area contributed by atoms with Gasteiger partial charge in [-0.2, -0.15) is 0 Å². The van der Waals surface area contributed by atoms with E-state index in [1.165, 1.54) is 0 Å². The van der Waals surface area contributed by atoms with Gasteiger partial charge in [0.2, 0.25) is 0 Å². The van der Waals surface area contributed by atoms with Crippen molar-refractivity contribution in [2.75, 3.05) is 14.1 Å². The van der Waals surface area contributed by atoms with Gasteiger partial charge in [-0.25, -0.2) is 0 Å². The number of likely N-dealkylation sites (N-methyl/N-ethyl adjacent to an activating group) is 1. The van der Waals surface area contributed by atoms with E-state index in [0.717, 1.165) is 56.9 Å². The third-order valence-corrected chi connectivity index (χ3v) is 10.4. The zero-order valence-corrected chi connectivity index (χ0v) is 24.5. The first-order valence-corrected chi connectivity index (χ1v) is 15.4. The van der Waals surface area contributed by atoms with Crippen molar-refractivity contribution >= 4 is 11.8 Å². The Labute approximate surface area is 234 Å². The van der Waals surface area contributed by atoms with Crippen molar-refractivity contribution in [3.8, 4) is 0 Å². The van der Waals surface area contributed by atoms with E-state index in [1.807, 2.05) is 6.92 Å². The molecule has 3 aliphatic carbocycles. The second kappa shape index (κ2) is 12.1. The van der Waals surface area contributed by atoms with E-state index < -0.39 is 0 Å². The second-order valence-corrected chi connectivity index (χ2v) is 13.1. The molecule has 7 heteroatoms. The van der Waals surface area contributed by atoms with Crippen molar-refractivity contribution < 1.29 is 28.9 Å². The number of hydrogen-bond donors (Lipinski definition) is 1. The third kappa shape index (κ3) is 6.07. The lowest BCUT2D eigenvalue weighted by Gasteiger charge is -2.40. The van der Waals surface area contributed by atoms with E-state index >= 15 is 0 Å². The third-order valence-electron chi connectivity index (χ3n) is 10.4. The zero-order chi connectivity index (χ0) is 27.8. The van der Waals surface area contributed by atoms with Gasteiger partial charge in [0.15, 0.2) is 12.1 Å². The number of carbonyl (C=O) groups excluding carboxylic acids is 2. The fraction of sp³-hybridized carbons (Fsp3) is 0.812. The molecule has 0 aromatic rings. The zero-order valence-electron chi connectivity index (χ0n) is 24.5. The van der Waals surface area contributed by atoms with Gasteiger partial charge in [0, 0.05) is 17.9 Å². The van der Waals surface area contributed by atoms with Crippen molar-refractivity contribution in [3.63, 3.8) is 0 Å². The number of aliphatic hydroxyl groups excluding tert-OH is 1. The molecule has 218 valence electrons. The van der Waals surface area contributed by atoms with Crippen molar-refractivity contribution in [2.45, 2.75) is 115 Å². The van der Waals surface area contributed by atoms with Crippen LogP contribution < -0.4 is 0 Å². The fourth-order valence-corrected chi connectivity index (χ4v) is 8.20. The Bertz CT molecular complexity index is 960. The number of fused-ring (bicyclic) bond motifs is 5. The van der Waals surface area contributed by atoms with Crippen molar-refractivity contribution in [1.82, 2.24) is 4.90 Å². The summed E-state index contributed by atoms with van der Waals surface area (Å²) in [4.78, 5) is 29.5. The smallest absolute Gasteiger partial charge is 0.306 e. The molecule has 12 atom stereocenters. The molecule has 0 spiro atoms. The van der Waals surface area contributed by atoms with Crippen LogP contribution in [0.25, 0.3) is 0 Å². The number of ketones is 1. The number of allylic oxidation sites excluding steroid dienone is 4. The molecular weight excluding hydrogens is 494 g/mol. The van der Waals surface area contributed by atoms with Crippen LogP contribution in [-0.4, -0.2) is 72.6 Å². The van der Waals surface area contributed by atoms with Gasteiger partial charge in [-0.05, 0) is 102 Å². The van der Waals surface area contributed by atoms with Crippen LogP contribution >= 0.6 is 0 Å². The lowest BCUT2D eigenvalue weighted by atomic mass is 9.70. The summed E-state index contributed by atoms with van der Waals surface area (Å²) in [6, 6.07) is 0.360. The highest BCUT2D eigenvalue weighted by Gasteiger charge is 2.50. The summed E-state index contributed by atoms with van der Waals surface area (Å²) in [6.07, 6.45) is 12.4. The first kappa shape index (κ1) is 29.0. The molecule has 1 saturated carbocycles. The van der Waals surface area contributed by atoms with Gasteiger partial charge in [-0.15, -0.1) is 0 Å². The highest BCUT2D eigenvalue weighted by Crippen LogP contribution is 2.53. The number of cyclic esters (lactones) is 1. The molecule has 7 nitrogen and oxygen atoms in total. The largest absolute Gasteiger partial charge is 0.462 e. The Balaban J connectivity index is 1.39. The van der Waals surface area contributed by atoms with Crippen molar-refractivity contribution in [3.05, 3.63) is 23.8 Å². The number of Topliss-reactive ketones (excluding diaryl/α,β-unsaturated/α-hetero) is 1. The van der Waals surface area contributed by atoms with Crippen LogP contribution in [0.3, 0.4) is 0 Å². The van der Waals surface area contributed by atoms with E-state index in [-0.39, 0.29) is 72.6 Å². The molecule has 39 heavy (non-hydrogen) atoms. The first-order valence-electron chi connectivity index (χ1n) is 15.4. The van der Waals surface area contributed by atoms with E-state index in [0.29, 0.717) is 17.9 Å². The molecule has 5 aliphatic rings. The molecule has 2 heterocycles. The van der Waals surface area contributed by atoms with Crippen LogP contribution in [0.2, 0.25) is 0 Å². The summed E-state index contributed by atoms with van der Waals surface area (Å²) >= 11 is 0. The Kier molecular flexibility index (Phi) is 9.02. The molecule has 2 aliphatic heterocycles. The van der Waals surface area contributed by atoms with Crippen molar-refractivity contribution in [1.29, 1.82) is 0 Å². The number of carbonyl (C=O) groups is 2. The van der Waals surface area contributed by atoms with E-state index in [1.54, 1.807) is 0 Å². The van der Waals surface area contributed by atoms with E-state index in [4.69, 9.17) is 14.2 Å². The van der Waals surface area contributed by atoms with Gasteiger partial charge in [0.1, 0.15) is 6.10 Å². The maximum absolute atomic E-state index is 14.2. The van der Waals surface area contributed by atoms with Gasteiger partial charge in [-0.3, -0.25) is 9.59 Å². The number of aliphatic hydroxyl groups is 1. The predicted molar refractivity (Wildman–Crippen MR) is 149 cm³/mol. The lowest BCUT2D eigenvalue weighted by Crippen LogP contribution is -2.47. The summed E-state index contributed by atoms with van der Waals surface area (Å²) in [5.41, 5.74) is 0.772. The Hall–Kier alpha value is -1.54. The minimum Gasteiger partial charge on any atom is -0.462 e. The molecular formula is C32H49NO6. The van der Waals surface area contributed by atoms with Crippen LogP contribution in [-0.2, 0) is 23.8 Å². The number of rotatable bonds is 4. The SMILES string of the molecule is CC[C@H]1CCC[C@H](O[C@H]2CC[C@H](N(C)C)[C@@H](C)O2)[C@@H](C)C(=O)C2=C[C@@H]3[C@@H](C=C[C@@H]4C[C@@H](O)C[C@@H]34)[C@@H]2CC(=O)O1. The highest BCUT2D eigenvalue weighted by atomic mass is 16.7. The summed E-state index contributed by atoms with van der Waals surface area (Å²) in [7, 11) is 4.17. The molecule has 0 amide bonds. The van der Waals surface area contributed by atoms with Crippen LogP contribution in [0.15, 0.2) is 23.8 Å². The standard InChI is InChI=1S/C32H49NO6/c1-6-22-8-7-9-29(39-31-13-12-28(33(4)5)19(3)37-31)18(2)32(36)27-16-25-23(26(27)17-30(35)38-22)11-10-20-14-21(34)15-24(20)25/h10-11,16,18-26,28-29,31,34H,6-9,12-15,17H2,1-5H3/t18-,19-,20-,21-,22+,23-,24-,25-,26+,28+,29+,31+/m1/s1. The second-order valence-electron chi connectivity index (χ2n) is 13.1. The summed E-state index contributed by atoms with van der Waals surface area (Å²) in [5.74, 6) is 0.331. The Morgan fingerprint density at radius 3 is 2.56 bits per heavy atom. The maximum atomic E-state index is 14.2. The Morgan fingerprint density at radius 2 is 1.85 bits per heavy atom. The summed E-state index contributed by atoms with van der Waals surface area (Å²) in [5, 5.41) is 10.4. The predicted octanol–water partition coefficient (Wildman–Crippen LogP) is 4.67. The first-order chi connectivity index (χ1) is 18.7. The van der Waals surface area contributed by atoms with Crippen LogP contribution in [0.4, 0.5) is 0 Å². The topological polar surface area (TPSA) is 85.3 Å². The lowest BCUT2D eigenvalue weighted by molar-refractivity contribution is -0.231. The highest BCUT2D eigenvalue weighted by molar-refractivity contribution is 5.99. The average molecular weight is 544 g/mol. The van der Waals surface area contributed by atoms with Crippen LogP contribution in [0.1, 0.15) is 78.6 Å². The normalized spacial score (nSPS) is 45.1. The van der Waals surface area contributed by atoms with Gasteiger partial charge in [-0.1, -0.05) is 32.1 Å². The molecule has 2 saturated heterocycles. The fourth-order valence-electron chi connectivity index (χ4n) is 8.20. The number of nitrogens with zero attached hydrogens (tertiary/aromatic N) is 1. The molecule has 5 rings (SSSR count). The molecule has 0 unspecified atom stereocenters. The minimum atomic E-state index is -0.325. The summed E-state index contributed by atoms with van der Waals surface area (Å²) < 4.78 is 18.9. The molecule has 3 fully saturated rings. The number of ether oxygens (including phenoxy) is 3. The molecule has 1 N–H and O–H groups in total. The molecule has 0 radical (unpaired) electrons. The maximum Gasteiger partial charge on any atom is 0.306 e. The van der Waals surface area contributed by atoms with E-state index in [9.17, 15) is 14.7 Å². The van der Waals surface area contributed by atoms with E-state index in [2.05, 4.69) is 51.1 Å². The number of hydrogen-bond acceptors (Lipinski definition) is 7. The average Bonchev–Trinajstić information content (AvgIpc) is 3.45. The van der Waals surface area contributed by atoms with Crippen molar-refractivity contribution in [2.24, 2.45) is 35.5 Å².